The summed E-state index contributed by atoms with van der Waals surface area (Å²) < 4.78 is 16.6. The molecule has 1 aliphatic rings. The fraction of sp³-hybridized carbons (Fsp3) is 0.227. The molecule has 3 aromatic carbocycles. The number of hydrogen-bond acceptors (Lipinski definition) is 6. The summed E-state index contributed by atoms with van der Waals surface area (Å²) in [5, 5.41) is 20.1. The van der Waals surface area contributed by atoms with Gasteiger partial charge in [-0.1, -0.05) is 106 Å². The first-order valence-electron chi connectivity index (χ1n) is 18.1. The van der Waals surface area contributed by atoms with Gasteiger partial charge in [0.05, 0.1) is 29.2 Å². The van der Waals surface area contributed by atoms with Crippen molar-refractivity contribution in [3.05, 3.63) is 157 Å². The van der Waals surface area contributed by atoms with Gasteiger partial charge in [0.15, 0.2) is 11.5 Å². The normalized spacial score (nSPS) is 15.7. The number of nitrogens with one attached hydrogen (secondary N) is 2. The predicted octanol–water partition coefficient (Wildman–Crippen LogP) is 9.64. The summed E-state index contributed by atoms with van der Waals surface area (Å²) in [5.41, 5.74) is 7.16. The summed E-state index contributed by atoms with van der Waals surface area (Å²) in [7, 11) is 0. The molecule has 6 aromatic rings. The molecule has 3 aromatic heterocycles. The molecule has 2 amide bonds. The van der Waals surface area contributed by atoms with Crippen LogP contribution in [0, 0.1) is 6.92 Å². The van der Waals surface area contributed by atoms with Gasteiger partial charge in [-0.15, -0.1) is 10.2 Å². The van der Waals surface area contributed by atoms with Crippen molar-refractivity contribution in [2.75, 3.05) is 11.9 Å². The number of amides is 2. The number of fused-ring (bicyclic) bond motifs is 2. The van der Waals surface area contributed by atoms with Gasteiger partial charge in [-0.2, -0.15) is 5.10 Å². The summed E-state index contributed by atoms with van der Waals surface area (Å²) in [4.78, 5) is 13.6. The Morgan fingerprint density at radius 3 is 2.46 bits per heavy atom. The maximum absolute atomic E-state index is 13.6. The van der Waals surface area contributed by atoms with Crippen LogP contribution in [-0.4, -0.2) is 37.0 Å². The van der Waals surface area contributed by atoms with Crippen molar-refractivity contribution in [1.82, 2.24) is 29.7 Å². The van der Waals surface area contributed by atoms with Crippen molar-refractivity contribution < 1.29 is 14.3 Å². The van der Waals surface area contributed by atoms with Crippen LogP contribution in [0.25, 0.3) is 22.7 Å². The van der Waals surface area contributed by atoms with E-state index in [9.17, 15) is 4.79 Å². The van der Waals surface area contributed by atoms with Crippen molar-refractivity contribution in [2.24, 2.45) is 0 Å². The first-order valence-corrected chi connectivity index (χ1v) is 18.1. The van der Waals surface area contributed by atoms with Crippen molar-refractivity contribution in [1.29, 1.82) is 0 Å². The maximum Gasteiger partial charge on any atom is 0.320 e. The molecule has 3 heterocycles. The average molecular weight is 720 g/mol. The van der Waals surface area contributed by atoms with Crippen LogP contribution in [0.4, 0.5) is 10.6 Å². The molecular formula is C44H45N7O3. The lowest BCUT2D eigenvalue weighted by Gasteiger charge is -2.32. The minimum absolute atomic E-state index is 0.196. The molecule has 0 bridgehead atoms. The highest BCUT2D eigenvalue weighted by atomic mass is 16.5. The number of allylic oxidation sites excluding steroid dienone is 2. The summed E-state index contributed by atoms with van der Waals surface area (Å²) in [6.07, 6.45) is 8.42. The standard InChI is InChI=1S/C44H45N7O3/c1-7-13-30(8-2)28-53-37-17-12-11-16-35(37)42-48-47-40-25-22-32(27-50(40)42)54-38-24-23-36(33-14-9-10-15-34(33)38)45-43(52)46-41-26-39(44(4,5)6)49-51(41)31-20-18-29(3)19-21-31/h7-22,25-27,36,38H,1-2,23-24,28H2,3-6H3,(H2,45,46,52)/b30-13+/t36-,38+/m0/s1. The van der Waals surface area contributed by atoms with Gasteiger partial charge in [-0.05, 0) is 72.9 Å². The number of carbonyl (C=O) groups excluding carboxylic acids is 1. The Morgan fingerprint density at radius 1 is 0.944 bits per heavy atom. The zero-order chi connectivity index (χ0) is 37.8. The number of para-hydroxylation sites is 1. The van der Waals surface area contributed by atoms with E-state index < -0.39 is 0 Å². The third-order valence-electron chi connectivity index (χ3n) is 9.51. The number of aryl methyl sites for hydroxylation is 1. The number of aromatic nitrogens is 5. The Balaban J connectivity index is 1.09. The molecule has 0 fully saturated rings. The smallest absolute Gasteiger partial charge is 0.320 e. The fourth-order valence-corrected chi connectivity index (χ4v) is 6.61. The van der Waals surface area contributed by atoms with Crippen LogP contribution in [0.3, 0.4) is 0 Å². The van der Waals surface area contributed by atoms with Crippen LogP contribution in [0.1, 0.15) is 68.1 Å². The van der Waals surface area contributed by atoms with E-state index in [1.165, 1.54) is 0 Å². The van der Waals surface area contributed by atoms with Crippen LogP contribution in [0.15, 0.2) is 134 Å². The van der Waals surface area contributed by atoms with E-state index in [2.05, 4.69) is 66.9 Å². The molecule has 274 valence electrons. The molecular weight excluding hydrogens is 675 g/mol. The van der Waals surface area contributed by atoms with Crippen LogP contribution < -0.4 is 20.1 Å². The van der Waals surface area contributed by atoms with E-state index in [0.29, 0.717) is 48.2 Å². The minimum atomic E-state index is -0.296. The number of carbonyl (C=O) groups is 1. The molecule has 0 saturated carbocycles. The van der Waals surface area contributed by atoms with Gasteiger partial charge < -0.3 is 14.8 Å². The SMILES string of the molecule is C=C/C=C(\C=C)COc1ccccc1-c1nnc2ccc(O[C@@H]3CC[C@H](NC(=O)Nc4cc(C(C)(C)C)nn4-c4ccc(C)cc4)c4ccccc43)cn12. The fourth-order valence-electron chi connectivity index (χ4n) is 6.61. The molecule has 10 nitrogen and oxygen atoms in total. The quantitative estimate of drug-likeness (QED) is 0.129. The molecule has 0 saturated heterocycles. The van der Waals surface area contributed by atoms with E-state index >= 15 is 0 Å². The van der Waals surface area contributed by atoms with Crippen molar-refractivity contribution >= 4 is 17.5 Å². The van der Waals surface area contributed by atoms with E-state index in [1.54, 1.807) is 16.8 Å². The van der Waals surface area contributed by atoms with Crippen LogP contribution in [-0.2, 0) is 5.41 Å². The van der Waals surface area contributed by atoms with E-state index in [0.717, 1.165) is 39.2 Å². The first kappa shape index (κ1) is 36.0. The Hall–Kier alpha value is -6.42. The Morgan fingerprint density at radius 2 is 1.70 bits per heavy atom. The third kappa shape index (κ3) is 7.68. The molecule has 2 N–H and O–H groups in total. The summed E-state index contributed by atoms with van der Waals surface area (Å²) >= 11 is 0. The zero-order valence-electron chi connectivity index (χ0n) is 31.1. The highest BCUT2D eigenvalue weighted by molar-refractivity contribution is 5.89. The third-order valence-corrected chi connectivity index (χ3v) is 9.51. The second-order valence-corrected chi connectivity index (χ2v) is 14.5. The molecule has 1 aliphatic carbocycles. The number of nitrogens with zero attached hydrogens (tertiary/aromatic N) is 5. The zero-order valence-corrected chi connectivity index (χ0v) is 31.1. The highest BCUT2D eigenvalue weighted by Gasteiger charge is 2.30. The van der Waals surface area contributed by atoms with Gasteiger partial charge in [0, 0.05) is 11.5 Å². The Kier molecular flexibility index (Phi) is 10.2. The second kappa shape index (κ2) is 15.3. The van der Waals surface area contributed by atoms with Crippen molar-refractivity contribution in [3.63, 3.8) is 0 Å². The highest BCUT2D eigenvalue weighted by Crippen LogP contribution is 2.39. The largest absolute Gasteiger partial charge is 0.488 e. The lowest BCUT2D eigenvalue weighted by atomic mass is 9.85. The van der Waals surface area contributed by atoms with Crippen LogP contribution >= 0.6 is 0 Å². The van der Waals surface area contributed by atoms with E-state index in [1.807, 2.05) is 102 Å². The molecule has 54 heavy (non-hydrogen) atoms. The molecule has 2 atom stereocenters. The lowest BCUT2D eigenvalue weighted by Crippen LogP contribution is -2.36. The topological polar surface area (TPSA) is 108 Å². The van der Waals surface area contributed by atoms with Crippen molar-refractivity contribution in [2.45, 2.75) is 58.1 Å². The van der Waals surface area contributed by atoms with Gasteiger partial charge in [0.25, 0.3) is 0 Å². The van der Waals surface area contributed by atoms with Gasteiger partial charge in [-0.25, -0.2) is 9.48 Å². The summed E-state index contributed by atoms with van der Waals surface area (Å²) in [6.45, 7) is 16.4. The van der Waals surface area contributed by atoms with E-state index in [4.69, 9.17) is 14.6 Å². The molecule has 10 heteroatoms. The van der Waals surface area contributed by atoms with Gasteiger partial charge in [0.1, 0.15) is 30.0 Å². The monoisotopic (exact) mass is 719 g/mol. The number of ether oxygens (including phenoxy) is 2. The molecule has 7 rings (SSSR count). The minimum Gasteiger partial charge on any atom is -0.488 e. The number of benzene rings is 3. The second-order valence-electron chi connectivity index (χ2n) is 14.5. The average Bonchev–Trinajstić information content (AvgIpc) is 3.79. The Bertz CT molecular complexity index is 2350. The summed E-state index contributed by atoms with van der Waals surface area (Å²) in [6, 6.07) is 29.2. The molecule has 0 aliphatic heterocycles. The summed E-state index contributed by atoms with van der Waals surface area (Å²) in [5.74, 6) is 2.59. The number of hydrogen-bond donors (Lipinski definition) is 2. The van der Waals surface area contributed by atoms with Gasteiger partial charge >= 0.3 is 6.03 Å². The van der Waals surface area contributed by atoms with Gasteiger partial charge in [-0.3, -0.25) is 9.72 Å². The lowest BCUT2D eigenvalue weighted by molar-refractivity contribution is 0.171. The number of pyridine rings is 1. The predicted molar refractivity (Wildman–Crippen MR) is 213 cm³/mol. The number of rotatable bonds is 11. The molecule has 0 spiro atoms. The molecule has 0 radical (unpaired) electrons. The first-order chi connectivity index (χ1) is 26.1. The number of urea groups is 1. The van der Waals surface area contributed by atoms with Crippen LogP contribution in [0.5, 0.6) is 11.5 Å². The number of anilines is 1. The Labute approximate surface area is 315 Å². The van der Waals surface area contributed by atoms with Gasteiger partial charge in [0.2, 0.25) is 0 Å². The van der Waals surface area contributed by atoms with Crippen LogP contribution in [0.2, 0.25) is 0 Å². The maximum atomic E-state index is 13.6. The molecule has 0 unspecified atom stereocenters. The van der Waals surface area contributed by atoms with E-state index in [-0.39, 0.29) is 23.6 Å². The van der Waals surface area contributed by atoms with Crippen molar-refractivity contribution in [3.8, 4) is 28.6 Å².